The number of benzene rings is 1. The molecule has 112 valence electrons. The van der Waals surface area contributed by atoms with Crippen molar-refractivity contribution in [1.29, 1.82) is 0 Å². The lowest BCUT2D eigenvalue weighted by atomic mass is 10.1. The molecule has 1 amide bonds. The lowest BCUT2D eigenvalue weighted by Crippen LogP contribution is -2.16. The highest BCUT2D eigenvalue weighted by atomic mass is 16.5. The lowest BCUT2D eigenvalue weighted by molar-refractivity contribution is -0.119. The lowest BCUT2D eigenvalue weighted by Gasteiger charge is -2.13. The van der Waals surface area contributed by atoms with Crippen molar-refractivity contribution < 1.29 is 9.53 Å². The topological polar surface area (TPSA) is 51.2 Å². The van der Waals surface area contributed by atoms with Gasteiger partial charge in [0.25, 0.3) is 0 Å². The fourth-order valence-electron chi connectivity index (χ4n) is 2.39. The van der Waals surface area contributed by atoms with Gasteiger partial charge in [-0.3, -0.25) is 9.78 Å². The quantitative estimate of drug-likeness (QED) is 0.943. The van der Waals surface area contributed by atoms with Crippen molar-refractivity contribution in [2.75, 3.05) is 13.2 Å². The molecule has 2 aromatic rings. The van der Waals surface area contributed by atoms with Gasteiger partial charge in [-0.05, 0) is 36.8 Å². The van der Waals surface area contributed by atoms with E-state index >= 15 is 0 Å². The monoisotopic (exact) mass is 286 g/mol. The average Bonchev–Trinajstić information content (AvgIpc) is 2.92. The van der Waals surface area contributed by atoms with Crippen molar-refractivity contribution >= 4 is 16.8 Å². The van der Waals surface area contributed by atoms with Crippen LogP contribution in [0.5, 0.6) is 5.75 Å². The summed E-state index contributed by atoms with van der Waals surface area (Å²) >= 11 is 0. The van der Waals surface area contributed by atoms with E-state index in [0.717, 1.165) is 22.2 Å². The van der Waals surface area contributed by atoms with Crippen molar-refractivity contribution in [3.05, 3.63) is 36.0 Å². The normalized spacial score (nSPS) is 17.1. The van der Waals surface area contributed by atoms with Gasteiger partial charge in [0.05, 0.1) is 12.1 Å². The average molecular weight is 286 g/mol. The van der Waals surface area contributed by atoms with Gasteiger partial charge in [0.15, 0.2) is 0 Å². The molecular formula is C17H22N2O2. The zero-order valence-electron chi connectivity index (χ0n) is 12.8. The van der Waals surface area contributed by atoms with Gasteiger partial charge in [-0.1, -0.05) is 13.8 Å². The fraction of sp³-hybridized carbons (Fsp3) is 0.412. The van der Waals surface area contributed by atoms with Crippen LogP contribution >= 0.6 is 0 Å². The Morgan fingerprint density at radius 3 is 2.90 bits per heavy atom. The Balaban J connectivity index is 0.000000774. The first-order valence-electron chi connectivity index (χ1n) is 7.47. The van der Waals surface area contributed by atoms with Crippen LogP contribution in [0, 0.1) is 12.8 Å². The summed E-state index contributed by atoms with van der Waals surface area (Å²) in [5, 5.41) is 3.84. The van der Waals surface area contributed by atoms with Crippen molar-refractivity contribution in [3.8, 4) is 5.75 Å². The van der Waals surface area contributed by atoms with Crippen molar-refractivity contribution in [2.24, 2.45) is 5.92 Å². The predicted molar refractivity (Wildman–Crippen MR) is 84.4 cm³/mol. The zero-order chi connectivity index (χ0) is 15.2. The maximum absolute atomic E-state index is 11.2. The van der Waals surface area contributed by atoms with E-state index in [4.69, 9.17) is 4.74 Å². The summed E-state index contributed by atoms with van der Waals surface area (Å²) in [5.41, 5.74) is 2.07. The van der Waals surface area contributed by atoms with Crippen LogP contribution in [-0.4, -0.2) is 24.0 Å². The molecule has 1 aromatic carbocycles. The highest BCUT2D eigenvalue weighted by Gasteiger charge is 2.22. The van der Waals surface area contributed by atoms with E-state index < -0.39 is 0 Å². The fourth-order valence-corrected chi connectivity index (χ4v) is 2.39. The number of pyridine rings is 1. The Morgan fingerprint density at radius 1 is 1.38 bits per heavy atom. The Hall–Kier alpha value is -2.10. The van der Waals surface area contributed by atoms with Crippen molar-refractivity contribution in [3.63, 3.8) is 0 Å². The molecule has 1 fully saturated rings. The number of hydrogen-bond acceptors (Lipinski definition) is 3. The Bertz CT molecular complexity index is 625. The molecule has 1 aliphatic heterocycles. The Labute approximate surface area is 125 Å². The van der Waals surface area contributed by atoms with Crippen molar-refractivity contribution in [2.45, 2.75) is 27.2 Å². The molecule has 21 heavy (non-hydrogen) atoms. The molecule has 4 nitrogen and oxygen atoms in total. The van der Waals surface area contributed by atoms with Gasteiger partial charge in [-0.15, -0.1) is 0 Å². The molecule has 1 atom stereocenters. The van der Waals surface area contributed by atoms with E-state index in [1.54, 1.807) is 6.20 Å². The van der Waals surface area contributed by atoms with Crippen LogP contribution in [0.3, 0.4) is 0 Å². The number of ether oxygens (including phenoxy) is 1. The summed E-state index contributed by atoms with van der Waals surface area (Å²) in [7, 11) is 0. The highest BCUT2D eigenvalue weighted by Crippen LogP contribution is 2.26. The smallest absolute Gasteiger partial charge is 0.220 e. The number of aromatic nitrogens is 1. The Kier molecular flexibility index (Phi) is 5.14. The van der Waals surface area contributed by atoms with Crippen LogP contribution < -0.4 is 10.1 Å². The maximum Gasteiger partial charge on any atom is 0.220 e. The van der Waals surface area contributed by atoms with E-state index in [1.165, 1.54) is 0 Å². The molecule has 1 aromatic heterocycles. The van der Waals surface area contributed by atoms with Gasteiger partial charge in [-0.2, -0.15) is 0 Å². The molecule has 0 bridgehead atoms. The highest BCUT2D eigenvalue weighted by molar-refractivity contribution is 5.85. The molecule has 1 saturated heterocycles. The summed E-state index contributed by atoms with van der Waals surface area (Å²) in [6, 6.07) is 7.98. The van der Waals surface area contributed by atoms with Gasteiger partial charge in [0.1, 0.15) is 5.75 Å². The van der Waals surface area contributed by atoms with E-state index in [2.05, 4.69) is 10.3 Å². The van der Waals surface area contributed by atoms with Gasteiger partial charge in [0.2, 0.25) is 5.91 Å². The SMILES string of the molecule is CC.Cc1cc(OCC2CNC(=O)C2)c2cccnc2c1. The van der Waals surface area contributed by atoms with Gasteiger partial charge in [-0.25, -0.2) is 0 Å². The number of carbonyl (C=O) groups is 1. The number of nitrogens with zero attached hydrogens (tertiary/aromatic N) is 1. The molecule has 0 saturated carbocycles. The number of nitrogens with one attached hydrogen (secondary N) is 1. The van der Waals surface area contributed by atoms with E-state index in [-0.39, 0.29) is 11.8 Å². The van der Waals surface area contributed by atoms with Crippen LogP contribution in [-0.2, 0) is 4.79 Å². The van der Waals surface area contributed by atoms with Crippen LogP contribution in [0.1, 0.15) is 25.8 Å². The van der Waals surface area contributed by atoms with Gasteiger partial charge < -0.3 is 10.1 Å². The second-order valence-electron chi connectivity index (χ2n) is 5.02. The first kappa shape index (κ1) is 15.3. The summed E-state index contributed by atoms with van der Waals surface area (Å²) in [4.78, 5) is 15.5. The van der Waals surface area contributed by atoms with Crippen LogP contribution in [0.25, 0.3) is 10.9 Å². The molecule has 0 radical (unpaired) electrons. The summed E-state index contributed by atoms with van der Waals surface area (Å²) in [6.45, 7) is 7.30. The minimum absolute atomic E-state index is 0.115. The van der Waals surface area contributed by atoms with Crippen LogP contribution in [0.2, 0.25) is 0 Å². The molecule has 1 unspecified atom stereocenters. The summed E-state index contributed by atoms with van der Waals surface area (Å²) < 4.78 is 5.90. The molecule has 1 N–H and O–H groups in total. The van der Waals surface area contributed by atoms with Crippen LogP contribution in [0.4, 0.5) is 0 Å². The minimum Gasteiger partial charge on any atom is -0.492 e. The number of amides is 1. The minimum atomic E-state index is 0.115. The third-order valence-corrected chi connectivity index (χ3v) is 3.36. The number of hydrogen-bond donors (Lipinski definition) is 1. The molecule has 4 heteroatoms. The Morgan fingerprint density at radius 2 is 2.19 bits per heavy atom. The number of fused-ring (bicyclic) bond motifs is 1. The van der Waals surface area contributed by atoms with E-state index in [9.17, 15) is 4.79 Å². The van der Waals surface area contributed by atoms with Crippen molar-refractivity contribution in [1.82, 2.24) is 10.3 Å². The predicted octanol–water partition coefficient (Wildman–Crippen LogP) is 3.08. The summed E-state index contributed by atoms with van der Waals surface area (Å²) in [5.74, 6) is 1.23. The molecule has 2 heterocycles. The van der Waals surface area contributed by atoms with E-state index in [1.807, 2.05) is 45.0 Å². The third-order valence-electron chi connectivity index (χ3n) is 3.36. The second kappa shape index (κ2) is 7.07. The molecule has 0 aliphatic carbocycles. The number of rotatable bonds is 3. The molecule has 1 aliphatic rings. The first-order valence-corrected chi connectivity index (χ1v) is 7.47. The first-order chi connectivity index (χ1) is 10.2. The standard InChI is InChI=1S/C15H16N2O2.C2H6/c1-10-5-13-12(3-2-4-16-13)14(6-10)19-9-11-7-15(18)17-8-11;1-2/h2-6,11H,7-9H2,1H3,(H,17,18);1-2H3. The zero-order valence-corrected chi connectivity index (χ0v) is 12.8. The number of aryl methyl sites for hydroxylation is 1. The van der Waals surface area contributed by atoms with E-state index in [0.29, 0.717) is 19.6 Å². The molecular weight excluding hydrogens is 264 g/mol. The van der Waals surface area contributed by atoms with Gasteiger partial charge in [0, 0.05) is 30.5 Å². The molecule has 0 spiro atoms. The van der Waals surface area contributed by atoms with Gasteiger partial charge >= 0.3 is 0 Å². The summed E-state index contributed by atoms with van der Waals surface area (Å²) in [6.07, 6.45) is 2.34. The largest absolute Gasteiger partial charge is 0.492 e. The number of carbonyl (C=O) groups excluding carboxylic acids is 1. The maximum atomic E-state index is 11.2. The third kappa shape index (κ3) is 3.72. The van der Waals surface area contributed by atoms with Crippen LogP contribution in [0.15, 0.2) is 30.5 Å². The molecule has 3 rings (SSSR count). The second-order valence-corrected chi connectivity index (χ2v) is 5.02.